The van der Waals surface area contributed by atoms with E-state index in [-0.39, 0.29) is 16.9 Å². The highest BCUT2D eigenvalue weighted by atomic mass is 16.4. The van der Waals surface area contributed by atoms with Crippen molar-refractivity contribution in [3.8, 4) is 0 Å². The van der Waals surface area contributed by atoms with Crippen LogP contribution < -0.4 is 16.0 Å². The number of para-hydroxylation sites is 1. The van der Waals surface area contributed by atoms with Gasteiger partial charge in [-0.1, -0.05) is 36.4 Å². The van der Waals surface area contributed by atoms with Gasteiger partial charge in [-0.05, 0) is 18.2 Å². The fourth-order valence-corrected chi connectivity index (χ4v) is 2.20. The Bertz CT molecular complexity index is 912. The SMILES string of the molecule is O=C(NNC(=O)c1ccccc1C(=O)[O-])c1cc2ccccc2o1. The molecule has 2 aromatic carbocycles. The summed E-state index contributed by atoms with van der Waals surface area (Å²) in [6.07, 6.45) is 0. The third kappa shape index (κ3) is 2.95. The lowest BCUT2D eigenvalue weighted by atomic mass is 10.1. The van der Waals surface area contributed by atoms with E-state index in [0.29, 0.717) is 5.58 Å². The van der Waals surface area contributed by atoms with Crippen LogP contribution in [0.2, 0.25) is 0 Å². The van der Waals surface area contributed by atoms with Gasteiger partial charge in [-0.15, -0.1) is 0 Å². The minimum Gasteiger partial charge on any atom is -0.545 e. The summed E-state index contributed by atoms with van der Waals surface area (Å²) in [5.74, 6) is -2.90. The minimum absolute atomic E-state index is 0.0182. The molecule has 1 aromatic heterocycles. The van der Waals surface area contributed by atoms with Crippen molar-refractivity contribution in [3.05, 3.63) is 71.5 Å². The molecule has 0 atom stereocenters. The van der Waals surface area contributed by atoms with E-state index in [2.05, 4.69) is 10.9 Å². The second kappa shape index (κ2) is 6.25. The van der Waals surface area contributed by atoms with Crippen LogP contribution >= 0.6 is 0 Å². The van der Waals surface area contributed by atoms with Crippen LogP contribution in [0.15, 0.2) is 59.0 Å². The smallest absolute Gasteiger partial charge is 0.305 e. The van der Waals surface area contributed by atoms with Crippen LogP contribution in [0.3, 0.4) is 0 Å². The molecule has 0 aliphatic rings. The van der Waals surface area contributed by atoms with Crippen molar-refractivity contribution in [2.75, 3.05) is 0 Å². The third-order valence-electron chi connectivity index (χ3n) is 3.33. The zero-order valence-electron chi connectivity index (χ0n) is 12.2. The molecule has 0 radical (unpaired) electrons. The van der Waals surface area contributed by atoms with Gasteiger partial charge in [0, 0.05) is 10.9 Å². The Hall–Kier alpha value is -3.61. The van der Waals surface area contributed by atoms with Crippen molar-refractivity contribution >= 4 is 28.8 Å². The molecule has 24 heavy (non-hydrogen) atoms. The number of carboxylic acid groups (broad SMARTS) is 1. The molecule has 120 valence electrons. The number of hydrogen-bond acceptors (Lipinski definition) is 5. The van der Waals surface area contributed by atoms with Crippen molar-refractivity contribution in [3.63, 3.8) is 0 Å². The Labute approximate surface area is 135 Å². The molecule has 2 amide bonds. The molecule has 2 N–H and O–H groups in total. The number of carbonyl (C=O) groups is 3. The first-order valence-corrected chi connectivity index (χ1v) is 6.96. The molecular weight excluding hydrogens is 312 g/mol. The van der Waals surface area contributed by atoms with Crippen LogP contribution in [0.1, 0.15) is 31.3 Å². The highest BCUT2D eigenvalue weighted by Crippen LogP contribution is 2.18. The Morgan fingerprint density at radius 2 is 1.46 bits per heavy atom. The maximum Gasteiger partial charge on any atom is 0.305 e. The lowest BCUT2D eigenvalue weighted by molar-refractivity contribution is -0.255. The van der Waals surface area contributed by atoms with Crippen LogP contribution in [0.25, 0.3) is 11.0 Å². The van der Waals surface area contributed by atoms with Gasteiger partial charge in [-0.2, -0.15) is 0 Å². The van der Waals surface area contributed by atoms with Gasteiger partial charge < -0.3 is 14.3 Å². The van der Waals surface area contributed by atoms with Crippen molar-refractivity contribution in [1.29, 1.82) is 0 Å². The van der Waals surface area contributed by atoms with Gasteiger partial charge in [0.25, 0.3) is 5.91 Å². The average molecular weight is 323 g/mol. The Balaban J connectivity index is 1.72. The minimum atomic E-state index is -1.48. The first-order chi connectivity index (χ1) is 11.6. The highest BCUT2D eigenvalue weighted by Gasteiger charge is 2.15. The molecule has 0 saturated carbocycles. The molecule has 3 aromatic rings. The molecule has 3 rings (SSSR count). The van der Waals surface area contributed by atoms with E-state index in [4.69, 9.17) is 4.42 Å². The molecule has 1 heterocycles. The monoisotopic (exact) mass is 323 g/mol. The molecule has 0 saturated heterocycles. The van der Waals surface area contributed by atoms with E-state index in [1.807, 2.05) is 0 Å². The molecule has 7 heteroatoms. The van der Waals surface area contributed by atoms with Crippen LogP contribution in [0.4, 0.5) is 0 Å². The first kappa shape index (κ1) is 15.3. The zero-order valence-corrected chi connectivity index (χ0v) is 12.2. The third-order valence-corrected chi connectivity index (χ3v) is 3.33. The maximum atomic E-state index is 12.0. The number of hydrazine groups is 1. The number of carboxylic acids is 1. The summed E-state index contributed by atoms with van der Waals surface area (Å²) in [5, 5.41) is 11.7. The predicted molar refractivity (Wildman–Crippen MR) is 81.9 cm³/mol. The summed E-state index contributed by atoms with van der Waals surface area (Å²) in [4.78, 5) is 35.0. The largest absolute Gasteiger partial charge is 0.545 e. The average Bonchev–Trinajstić information content (AvgIpc) is 3.03. The van der Waals surface area contributed by atoms with Gasteiger partial charge in [0.05, 0.1) is 11.5 Å². The lowest BCUT2D eigenvalue weighted by Gasteiger charge is -2.10. The van der Waals surface area contributed by atoms with Crippen LogP contribution in [0.5, 0.6) is 0 Å². The number of carbonyl (C=O) groups excluding carboxylic acids is 3. The van der Waals surface area contributed by atoms with Crippen LogP contribution in [-0.4, -0.2) is 17.8 Å². The second-order valence-corrected chi connectivity index (χ2v) is 4.89. The normalized spacial score (nSPS) is 10.3. The Morgan fingerprint density at radius 1 is 0.833 bits per heavy atom. The number of fused-ring (bicyclic) bond motifs is 1. The first-order valence-electron chi connectivity index (χ1n) is 6.96. The summed E-state index contributed by atoms with van der Waals surface area (Å²) in [7, 11) is 0. The standard InChI is InChI=1S/C17H12N2O5/c20-15(11-6-2-3-7-12(11)17(22)23)18-19-16(21)14-9-10-5-1-4-8-13(10)24-14/h1-9H,(H,18,20)(H,19,21)(H,22,23)/p-1. The number of rotatable bonds is 3. The van der Waals surface area contributed by atoms with Crippen molar-refractivity contribution in [1.82, 2.24) is 10.9 Å². The van der Waals surface area contributed by atoms with Gasteiger partial charge in [-0.25, -0.2) is 0 Å². The maximum absolute atomic E-state index is 12.0. The molecule has 0 aliphatic carbocycles. The quantitative estimate of drug-likeness (QED) is 0.695. The summed E-state index contributed by atoms with van der Waals surface area (Å²) in [6.45, 7) is 0. The number of hydrogen-bond donors (Lipinski definition) is 2. The summed E-state index contributed by atoms with van der Waals surface area (Å²) < 4.78 is 5.36. The number of furan rings is 1. The zero-order chi connectivity index (χ0) is 17.1. The molecular formula is C17H11N2O5-. The lowest BCUT2D eigenvalue weighted by Crippen LogP contribution is -2.42. The fraction of sp³-hybridized carbons (Fsp3) is 0. The number of nitrogens with one attached hydrogen (secondary N) is 2. The molecule has 0 spiro atoms. The van der Waals surface area contributed by atoms with Crippen molar-refractivity contribution in [2.24, 2.45) is 0 Å². The van der Waals surface area contributed by atoms with Gasteiger partial charge in [-0.3, -0.25) is 20.4 Å². The van der Waals surface area contributed by atoms with E-state index < -0.39 is 17.8 Å². The van der Waals surface area contributed by atoms with Gasteiger partial charge in [0.15, 0.2) is 5.76 Å². The molecule has 0 fully saturated rings. The predicted octanol–water partition coefficient (Wildman–Crippen LogP) is 0.871. The van der Waals surface area contributed by atoms with Gasteiger partial charge >= 0.3 is 5.91 Å². The van der Waals surface area contributed by atoms with E-state index >= 15 is 0 Å². The Kier molecular flexibility index (Phi) is 3.98. The van der Waals surface area contributed by atoms with E-state index in [1.165, 1.54) is 30.3 Å². The number of benzene rings is 2. The van der Waals surface area contributed by atoms with Gasteiger partial charge in [0.2, 0.25) is 0 Å². The number of aromatic carboxylic acids is 1. The van der Waals surface area contributed by atoms with E-state index in [0.717, 1.165) is 5.39 Å². The van der Waals surface area contributed by atoms with Crippen LogP contribution in [-0.2, 0) is 0 Å². The van der Waals surface area contributed by atoms with Crippen molar-refractivity contribution < 1.29 is 23.9 Å². The second-order valence-electron chi connectivity index (χ2n) is 4.89. The van der Waals surface area contributed by atoms with Crippen molar-refractivity contribution in [2.45, 2.75) is 0 Å². The van der Waals surface area contributed by atoms with E-state index in [9.17, 15) is 19.5 Å². The van der Waals surface area contributed by atoms with Crippen LogP contribution in [0, 0.1) is 0 Å². The molecule has 0 unspecified atom stereocenters. The Morgan fingerprint density at radius 3 is 2.17 bits per heavy atom. The molecule has 0 aliphatic heterocycles. The highest BCUT2D eigenvalue weighted by molar-refractivity contribution is 6.05. The van der Waals surface area contributed by atoms with Gasteiger partial charge in [0.1, 0.15) is 5.58 Å². The molecule has 0 bridgehead atoms. The van der Waals surface area contributed by atoms with E-state index in [1.54, 1.807) is 24.3 Å². The summed E-state index contributed by atoms with van der Waals surface area (Å²) in [5.41, 5.74) is 4.47. The topological polar surface area (TPSA) is 111 Å². The number of amides is 2. The summed E-state index contributed by atoms with van der Waals surface area (Å²) in [6, 6.07) is 14.1. The summed E-state index contributed by atoms with van der Waals surface area (Å²) >= 11 is 0. The molecule has 7 nitrogen and oxygen atoms in total. The fourth-order valence-electron chi connectivity index (χ4n) is 2.20.